The maximum Gasteiger partial charge on any atom is 0.234 e. The molecule has 0 aromatic rings. The van der Waals surface area contributed by atoms with E-state index in [4.69, 9.17) is 4.74 Å². The molecule has 20 heavy (non-hydrogen) atoms. The number of amides is 1. The predicted molar refractivity (Wildman–Crippen MR) is 79.7 cm³/mol. The van der Waals surface area contributed by atoms with Crippen molar-refractivity contribution in [1.82, 2.24) is 15.5 Å². The van der Waals surface area contributed by atoms with Crippen molar-refractivity contribution >= 4 is 5.91 Å². The molecule has 2 aliphatic rings. The second kappa shape index (κ2) is 7.96. The maximum atomic E-state index is 11.9. The van der Waals surface area contributed by atoms with E-state index in [-0.39, 0.29) is 12.0 Å². The topological polar surface area (TPSA) is 53.6 Å². The highest BCUT2D eigenvalue weighted by Gasteiger charge is 2.34. The monoisotopic (exact) mass is 283 g/mol. The Morgan fingerprint density at radius 3 is 3.05 bits per heavy atom. The Bertz CT molecular complexity index is 295. The lowest BCUT2D eigenvalue weighted by molar-refractivity contribution is -0.122. The molecule has 0 aliphatic carbocycles. The molecule has 2 rings (SSSR count). The Balaban J connectivity index is 1.56. The average molecular weight is 283 g/mol. The van der Waals surface area contributed by atoms with Crippen LogP contribution in [0.4, 0.5) is 0 Å². The summed E-state index contributed by atoms with van der Waals surface area (Å²) in [5.41, 5.74) is 0. The minimum absolute atomic E-state index is 0.146. The fourth-order valence-electron chi connectivity index (χ4n) is 3.14. The normalized spacial score (nSPS) is 26.8. The first-order chi connectivity index (χ1) is 9.65. The molecule has 2 heterocycles. The van der Waals surface area contributed by atoms with Crippen molar-refractivity contribution < 1.29 is 9.53 Å². The lowest BCUT2D eigenvalue weighted by Gasteiger charge is -2.24. The predicted octanol–water partition coefficient (Wildman–Crippen LogP) is 0.602. The molecule has 2 atom stereocenters. The van der Waals surface area contributed by atoms with Crippen LogP contribution in [0.25, 0.3) is 0 Å². The van der Waals surface area contributed by atoms with Crippen LogP contribution in [0, 0.1) is 5.92 Å². The van der Waals surface area contributed by atoms with Crippen molar-refractivity contribution in [3.05, 3.63) is 0 Å². The van der Waals surface area contributed by atoms with Crippen LogP contribution in [0.2, 0.25) is 0 Å². The van der Waals surface area contributed by atoms with Crippen LogP contribution >= 0.6 is 0 Å². The van der Waals surface area contributed by atoms with E-state index in [0.29, 0.717) is 19.1 Å². The van der Waals surface area contributed by atoms with Gasteiger partial charge in [-0.3, -0.25) is 9.69 Å². The molecule has 2 fully saturated rings. The summed E-state index contributed by atoms with van der Waals surface area (Å²) in [6.07, 6.45) is 3.74. The third kappa shape index (κ3) is 5.04. The van der Waals surface area contributed by atoms with E-state index in [1.807, 2.05) is 13.8 Å². The molecule has 0 spiro atoms. The lowest BCUT2D eigenvalue weighted by Crippen LogP contribution is -2.41. The van der Waals surface area contributed by atoms with Crippen molar-refractivity contribution in [3.63, 3.8) is 0 Å². The van der Waals surface area contributed by atoms with Crippen LogP contribution in [0.5, 0.6) is 0 Å². The van der Waals surface area contributed by atoms with Crippen molar-refractivity contribution in [2.24, 2.45) is 5.92 Å². The fraction of sp³-hybridized carbons (Fsp3) is 0.933. The van der Waals surface area contributed by atoms with Crippen LogP contribution < -0.4 is 10.6 Å². The first kappa shape index (κ1) is 15.7. The molecule has 5 nitrogen and oxygen atoms in total. The van der Waals surface area contributed by atoms with Gasteiger partial charge in [-0.25, -0.2) is 0 Å². The molecular weight excluding hydrogens is 254 g/mol. The Hall–Kier alpha value is -0.650. The summed E-state index contributed by atoms with van der Waals surface area (Å²) in [6.45, 7) is 9.26. The fourth-order valence-corrected chi connectivity index (χ4v) is 3.14. The van der Waals surface area contributed by atoms with E-state index in [2.05, 4.69) is 15.5 Å². The standard InChI is InChI=1S/C15H29N3O2/c1-12(2)20-8-4-7-17-15(19)11-18-9-13-5-3-6-16-14(13)10-18/h12-14,16H,3-11H2,1-2H3,(H,17,19)/t13-,14+/m0/s1. The summed E-state index contributed by atoms with van der Waals surface area (Å²) in [5.74, 6) is 0.893. The number of rotatable bonds is 7. The van der Waals surface area contributed by atoms with Crippen LogP contribution in [0.1, 0.15) is 33.1 Å². The smallest absolute Gasteiger partial charge is 0.234 e. The number of carbonyl (C=O) groups is 1. The van der Waals surface area contributed by atoms with Crippen molar-refractivity contribution in [2.45, 2.75) is 45.3 Å². The first-order valence-corrected chi connectivity index (χ1v) is 7.99. The van der Waals surface area contributed by atoms with Gasteiger partial charge >= 0.3 is 0 Å². The molecule has 1 amide bonds. The van der Waals surface area contributed by atoms with E-state index in [0.717, 1.165) is 38.6 Å². The third-order valence-corrected chi connectivity index (χ3v) is 4.14. The third-order valence-electron chi connectivity index (χ3n) is 4.14. The van der Waals surface area contributed by atoms with Crippen LogP contribution in [0.3, 0.4) is 0 Å². The van der Waals surface area contributed by atoms with Crippen LogP contribution in [-0.4, -0.2) is 62.3 Å². The molecular formula is C15H29N3O2. The molecule has 2 saturated heterocycles. The highest BCUT2D eigenvalue weighted by atomic mass is 16.5. The first-order valence-electron chi connectivity index (χ1n) is 7.99. The zero-order chi connectivity index (χ0) is 14.4. The second-order valence-electron chi connectivity index (χ2n) is 6.28. The Morgan fingerprint density at radius 1 is 1.45 bits per heavy atom. The SMILES string of the molecule is CC(C)OCCCNC(=O)CN1C[C@@H]2CCCN[C@@H]2C1. The Labute approximate surface area is 122 Å². The highest BCUT2D eigenvalue weighted by Crippen LogP contribution is 2.24. The number of fused-ring (bicyclic) bond motifs is 1. The van der Waals surface area contributed by atoms with Crippen molar-refractivity contribution in [1.29, 1.82) is 0 Å². The zero-order valence-corrected chi connectivity index (χ0v) is 12.9. The minimum atomic E-state index is 0.146. The van der Waals surface area contributed by atoms with Gasteiger partial charge in [-0.1, -0.05) is 0 Å². The quantitative estimate of drug-likeness (QED) is 0.672. The number of ether oxygens (including phenoxy) is 1. The van der Waals surface area contributed by atoms with Gasteiger partial charge in [0.2, 0.25) is 5.91 Å². The van der Waals surface area contributed by atoms with Crippen LogP contribution in [-0.2, 0) is 9.53 Å². The van der Waals surface area contributed by atoms with E-state index >= 15 is 0 Å². The number of likely N-dealkylation sites (tertiary alicyclic amines) is 1. The molecule has 2 aliphatic heterocycles. The van der Waals surface area contributed by atoms with Crippen LogP contribution in [0.15, 0.2) is 0 Å². The average Bonchev–Trinajstić information content (AvgIpc) is 2.79. The molecule has 0 aromatic carbocycles. The molecule has 5 heteroatoms. The molecule has 0 radical (unpaired) electrons. The van der Waals surface area contributed by atoms with Gasteiger partial charge in [0, 0.05) is 32.3 Å². The molecule has 0 bridgehead atoms. The number of nitrogens with one attached hydrogen (secondary N) is 2. The summed E-state index contributed by atoms with van der Waals surface area (Å²) in [4.78, 5) is 14.2. The van der Waals surface area contributed by atoms with Gasteiger partial charge < -0.3 is 15.4 Å². The largest absolute Gasteiger partial charge is 0.379 e. The lowest BCUT2D eigenvalue weighted by atomic mass is 9.94. The summed E-state index contributed by atoms with van der Waals surface area (Å²) in [6, 6.07) is 0.607. The van der Waals surface area contributed by atoms with Crippen molar-refractivity contribution in [3.8, 4) is 0 Å². The Morgan fingerprint density at radius 2 is 2.30 bits per heavy atom. The van der Waals surface area contributed by atoms with Gasteiger partial charge in [-0.05, 0) is 45.6 Å². The number of piperidine rings is 1. The second-order valence-corrected chi connectivity index (χ2v) is 6.28. The molecule has 116 valence electrons. The van der Waals surface area contributed by atoms with E-state index in [1.165, 1.54) is 12.8 Å². The van der Waals surface area contributed by atoms with Gasteiger partial charge in [-0.2, -0.15) is 0 Å². The van der Waals surface area contributed by atoms with Gasteiger partial charge in [0.15, 0.2) is 0 Å². The summed E-state index contributed by atoms with van der Waals surface area (Å²) in [7, 11) is 0. The summed E-state index contributed by atoms with van der Waals surface area (Å²) >= 11 is 0. The van der Waals surface area contributed by atoms with E-state index in [9.17, 15) is 4.79 Å². The van der Waals surface area contributed by atoms with E-state index < -0.39 is 0 Å². The number of carbonyl (C=O) groups excluding carboxylic acids is 1. The van der Waals surface area contributed by atoms with Gasteiger partial charge in [0.05, 0.1) is 12.6 Å². The summed E-state index contributed by atoms with van der Waals surface area (Å²) in [5, 5.41) is 6.55. The number of hydrogen-bond acceptors (Lipinski definition) is 4. The van der Waals surface area contributed by atoms with Gasteiger partial charge in [0.1, 0.15) is 0 Å². The molecule has 0 saturated carbocycles. The van der Waals surface area contributed by atoms with Gasteiger partial charge in [-0.15, -0.1) is 0 Å². The number of nitrogens with zero attached hydrogens (tertiary/aromatic N) is 1. The molecule has 2 N–H and O–H groups in total. The highest BCUT2D eigenvalue weighted by molar-refractivity contribution is 5.78. The maximum absolute atomic E-state index is 11.9. The zero-order valence-electron chi connectivity index (χ0n) is 12.9. The van der Waals surface area contributed by atoms with Crippen molar-refractivity contribution in [2.75, 3.05) is 39.3 Å². The van der Waals surface area contributed by atoms with E-state index in [1.54, 1.807) is 0 Å². The summed E-state index contributed by atoms with van der Waals surface area (Å²) < 4.78 is 5.45. The molecule has 0 aromatic heterocycles. The number of hydrogen-bond donors (Lipinski definition) is 2. The van der Waals surface area contributed by atoms with Gasteiger partial charge in [0.25, 0.3) is 0 Å². The Kier molecular flexibility index (Phi) is 6.26. The minimum Gasteiger partial charge on any atom is -0.379 e. The molecule has 0 unspecified atom stereocenters.